The summed E-state index contributed by atoms with van der Waals surface area (Å²) < 4.78 is 1.93. The monoisotopic (exact) mass is 351 g/mol. The van der Waals surface area contributed by atoms with Gasteiger partial charge < -0.3 is 9.80 Å². The third kappa shape index (κ3) is 6.08. The van der Waals surface area contributed by atoms with Crippen molar-refractivity contribution in [1.29, 1.82) is 0 Å². The van der Waals surface area contributed by atoms with Crippen LogP contribution in [0.15, 0.2) is 30.5 Å². The Balaban J connectivity index is 1.79. The van der Waals surface area contributed by atoms with Gasteiger partial charge in [-0.2, -0.15) is 0 Å². The van der Waals surface area contributed by atoms with Crippen LogP contribution >= 0.6 is 21.6 Å². The summed E-state index contributed by atoms with van der Waals surface area (Å²) in [7, 11) is 12.1. The molecular formula is C16H25N5S2. The molecule has 0 aliphatic rings. The Bertz CT molecular complexity index is 580. The molecular weight excluding hydrogens is 326 g/mol. The minimum atomic E-state index is 0.891. The molecule has 2 rings (SSSR count). The van der Waals surface area contributed by atoms with Crippen LogP contribution in [0.5, 0.6) is 0 Å². The zero-order chi connectivity index (χ0) is 16.7. The fraction of sp³-hybridized carbons (Fsp3) is 0.500. The molecule has 0 saturated heterocycles. The summed E-state index contributed by atoms with van der Waals surface area (Å²) in [6.45, 7) is 2.01. The molecule has 7 heteroatoms. The molecule has 0 aliphatic heterocycles. The second kappa shape index (κ2) is 9.20. The lowest BCUT2D eigenvalue weighted by atomic mass is 10.1. The lowest BCUT2D eigenvalue weighted by Crippen LogP contribution is -2.14. The van der Waals surface area contributed by atoms with Gasteiger partial charge in [-0.15, -0.1) is 5.10 Å². The number of aryl methyl sites for hydroxylation is 1. The van der Waals surface area contributed by atoms with E-state index in [4.69, 9.17) is 0 Å². The number of benzene rings is 1. The van der Waals surface area contributed by atoms with Crippen molar-refractivity contribution in [2.24, 2.45) is 0 Å². The maximum absolute atomic E-state index is 4.28. The quantitative estimate of drug-likeness (QED) is 0.511. The summed E-state index contributed by atoms with van der Waals surface area (Å²) in [4.78, 5) is 4.30. The SMILES string of the molecule is CN(C)CCSSCCn1cc(-c2ccc(N(C)C)cc2)nn1. The van der Waals surface area contributed by atoms with Crippen molar-refractivity contribution >= 4 is 27.3 Å². The Kier molecular flexibility index (Phi) is 7.26. The fourth-order valence-electron chi connectivity index (χ4n) is 1.94. The second-order valence-electron chi connectivity index (χ2n) is 5.76. The number of anilines is 1. The lowest BCUT2D eigenvalue weighted by Gasteiger charge is -2.11. The molecule has 0 bridgehead atoms. The fourth-order valence-corrected chi connectivity index (χ4v) is 4.03. The van der Waals surface area contributed by atoms with Gasteiger partial charge in [0.05, 0.1) is 12.7 Å². The van der Waals surface area contributed by atoms with E-state index in [2.05, 4.69) is 58.5 Å². The molecule has 0 aliphatic carbocycles. The highest BCUT2D eigenvalue weighted by Crippen LogP contribution is 2.22. The second-order valence-corrected chi connectivity index (χ2v) is 8.46. The van der Waals surface area contributed by atoms with Gasteiger partial charge in [0.2, 0.25) is 0 Å². The van der Waals surface area contributed by atoms with Crippen molar-refractivity contribution in [2.75, 3.05) is 51.1 Å². The van der Waals surface area contributed by atoms with Crippen LogP contribution in [0.3, 0.4) is 0 Å². The first-order valence-electron chi connectivity index (χ1n) is 7.63. The summed E-state index contributed by atoms with van der Waals surface area (Å²) in [5.41, 5.74) is 3.22. The normalized spacial score (nSPS) is 11.2. The van der Waals surface area contributed by atoms with Gasteiger partial charge in [0.25, 0.3) is 0 Å². The van der Waals surface area contributed by atoms with E-state index in [0.29, 0.717) is 0 Å². The maximum atomic E-state index is 4.28. The van der Waals surface area contributed by atoms with Gasteiger partial charge in [0.1, 0.15) is 5.69 Å². The number of aromatic nitrogens is 3. The predicted octanol–water partition coefficient (Wildman–Crippen LogP) is 2.95. The Morgan fingerprint density at radius 3 is 2.35 bits per heavy atom. The average molecular weight is 352 g/mol. The van der Waals surface area contributed by atoms with Crippen LogP contribution < -0.4 is 4.90 Å². The molecule has 0 spiro atoms. The summed E-state index contributed by atoms with van der Waals surface area (Å²) in [6, 6.07) is 8.39. The van der Waals surface area contributed by atoms with Crippen molar-refractivity contribution in [3.8, 4) is 11.3 Å². The lowest BCUT2D eigenvalue weighted by molar-refractivity contribution is 0.438. The predicted molar refractivity (Wildman–Crippen MR) is 103 cm³/mol. The first-order chi connectivity index (χ1) is 11.1. The Morgan fingerprint density at radius 2 is 1.70 bits per heavy atom. The van der Waals surface area contributed by atoms with Crippen LogP contribution in [0.4, 0.5) is 5.69 Å². The van der Waals surface area contributed by atoms with Gasteiger partial charge in [-0.05, 0) is 26.2 Å². The zero-order valence-electron chi connectivity index (χ0n) is 14.3. The number of rotatable bonds is 9. The summed E-state index contributed by atoms with van der Waals surface area (Å²) in [6.07, 6.45) is 2.02. The van der Waals surface area contributed by atoms with Gasteiger partial charge in [0.15, 0.2) is 0 Å². The first-order valence-corrected chi connectivity index (χ1v) is 10.1. The Hall–Kier alpha value is -1.18. The molecule has 0 atom stereocenters. The molecule has 23 heavy (non-hydrogen) atoms. The van der Waals surface area contributed by atoms with Gasteiger partial charge in [-0.3, -0.25) is 4.68 Å². The number of hydrogen-bond donors (Lipinski definition) is 0. The van der Waals surface area contributed by atoms with Crippen molar-refractivity contribution in [3.05, 3.63) is 30.5 Å². The van der Waals surface area contributed by atoms with E-state index in [1.165, 1.54) is 5.69 Å². The van der Waals surface area contributed by atoms with Crippen molar-refractivity contribution in [1.82, 2.24) is 19.9 Å². The van der Waals surface area contributed by atoms with Gasteiger partial charge >= 0.3 is 0 Å². The van der Waals surface area contributed by atoms with Crippen molar-refractivity contribution in [3.63, 3.8) is 0 Å². The molecule has 1 heterocycles. The van der Waals surface area contributed by atoms with Crippen LogP contribution in [0.25, 0.3) is 11.3 Å². The minimum absolute atomic E-state index is 0.891. The van der Waals surface area contributed by atoms with Crippen molar-refractivity contribution in [2.45, 2.75) is 6.54 Å². The van der Waals surface area contributed by atoms with E-state index in [-0.39, 0.29) is 0 Å². The number of nitrogens with zero attached hydrogens (tertiary/aromatic N) is 5. The molecule has 0 radical (unpaired) electrons. The summed E-state index contributed by atoms with van der Waals surface area (Å²) in [5, 5.41) is 8.50. The highest BCUT2D eigenvalue weighted by atomic mass is 33.1. The zero-order valence-corrected chi connectivity index (χ0v) is 15.9. The van der Waals surface area contributed by atoms with E-state index in [9.17, 15) is 0 Å². The largest absolute Gasteiger partial charge is 0.378 e. The van der Waals surface area contributed by atoms with Crippen LogP contribution in [-0.4, -0.2) is 66.1 Å². The molecule has 0 unspecified atom stereocenters. The van der Waals surface area contributed by atoms with E-state index in [1.807, 2.05) is 46.6 Å². The van der Waals surface area contributed by atoms with Crippen LogP contribution in [0, 0.1) is 0 Å². The molecule has 1 aromatic heterocycles. The van der Waals surface area contributed by atoms with E-state index in [0.717, 1.165) is 35.9 Å². The molecule has 0 saturated carbocycles. The van der Waals surface area contributed by atoms with Crippen molar-refractivity contribution < 1.29 is 0 Å². The molecule has 0 fully saturated rings. The topological polar surface area (TPSA) is 37.2 Å². The molecule has 0 amide bonds. The van der Waals surface area contributed by atoms with E-state index < -0.39 is 0 Å². The van der Waals surface area contributed by atoms with Gasteiger partial charge in [-0.1, -0.05) is 38.9 Å². The molecule has 1 aromatic carbocycles. The van der Waals surface area contributed by atoms with Crippen LogP contribution in [-0.2, 0) is 6.54 Å². The molecule has 0 N–H and O–H groups in total. The third-order valence-corrected chi connectivity index (χ3v) is 5.69. The Labute approximate surface area is 146 Å². The summed E-state index contributed by atoms with van der Waals surface area (Å²) >= 11 is 0. The van der Waals surface area contributed by atoms with Gasteiger partial charge in [0, 0.05) is 43.4 Å². The Morgan fingerprint density at radius 1 is 1.00 bits per heavy atom. The standard InChI is InChI=1S/C16H25N5S2/c1-19(2)9-11-22-23-12-10-21-13-16(17-18-21)14-5-7-15(8-6-14)20(3)4/h5-8,13H,9-12H2,1-4H3. The van der Waals surface area contributed by atoms with Crippen LogP contribution in [0.1, 0.15) is 0 Å². The van der Waals surface area contributed by atoms with E-state index >= 15 is 0 Å². The molecule has 126 valence electrons. The highest BCUT2D eigenvalue weighted by molar-refractivity contribution is 8.76. The highest BCUT2D eigenvalue weighted by Gasteiger charge is 2.04. The third-order valence-electron chi connectivity index (χ3n) is 3.33. The van der Waals surface area contributed by atoms with Crippen LogP contribution in [0.2, 0.25) is 0 Å². The molecule has 5 nitrogen and oxygen atoms in total. The average Bonchev–Trinajstić information content (AvgIpc) is 2.99. The maximum Gasteiger partial charge on any atom is 0.113 e. The number of hydrogen-bond acceptors (Lipinski definition) is 6. The summed E-state index contributed by atoms with van der Waals surface area (Å²) in [5.74, 6) is 2.19. The minimum Gasteiger partial charge on any atom is -0.378 e. The smallest absolute Gasteiger partial charge is 0.113 e. The van der Waals surface area contributed by atoms with E-state index in [1.54, 1.807) is 0 Å². The van der Waals surface area contributed by atoms with Gasteiger partial charge in [-0.25, -0.2) is 0 Å². The first kappa shape index (κ1) is 18.2. The molecule has 2 aromatic rings.